The van der Waals surface area contributed by atoms with Crippen LogP contribution in [0.3, 0.4) is 0 Å². The largest absolute Gasteiger partial charge is 0.465 e. The van der Waals surface area contributed by atoms with Crippen LogP contribution in [0.4, 0.5) is 0 Å². The fourth-order valence-electron chi connectivity index (χ4n) is 3.79. The number of rotatable bonds is 10. The zero-order valence-electron chi connectivity index (χ0n) is 22.3. The molecule has 3 N–H and O–H groups in total. The number of aliphatic hydroxyl groups excluding tert-OH is 1. The normalized spacial score (nSPS) is 25.6. The van der Waals surface area contributed by atoms with Crippen LogP contribution >= 0.6 is 31.4 Å². The third kappa shape index (κ3) is 8.23. The first-order chi connectivity index (χ1) is 18.0. The molecule has 0 bridgehead atoms. The van der Waals surface area contributed by atoms with Crippen molar-refractivity contribution in [2.75, 3.05) is 19.4 Å². The van der Waals surface area contributed by atoms with Crippen LogP contribution in [-0.2, 0) is 23.4 Å². The maximum absolute atomic E-state index is 13.9. The number of aromatic amines is 1. The van der Waals surface area contributed by atoms with Gasteiger partial charge in [-0.2, -0.15) is 0 Å². The maximum Gasteiger partial charge on any atom is 0.380 e. The zero-order chi connectivity index (χ0) is 29.2. The summed E-state index contributed by atoms with van der Waals surface area (Å²) in [6.45, 7) is 8.34. The highest BCUT2D eigenvalue weighted by atomic mass is 35.5. The molecule has 2 aromatic rings. The van der Waals surface area contributed by atoms with E-state index in [2.05, 4.69) is 4.98 Å². The van der Waals surface area contributed by atoms with Crippen molar-refractivity contribution in [2.24, 2.45) is 11.3 Å². The number of esters is 1. The van der Waals surface area contributed by atoms with Gasteiger partial charge in [0.2, 0.25) is 0 Å². The van der Waals surface area contributed by atoms with Gasteiger partial charge in [0.25, 0.3) is 5.56 Å². The molecule has 1 unspecified atom stereocenters. The topological polar surface area (TPSA) is 149 Å². The quantitative estimate of drug-likeness (QED) is 0.206. The van der Waals surface area contributed by atoms with Crippen molar-refractivity contribution >= 4 is 37.4 Å². The first-order valence-electron chi connectivity index (χ1n) is 12.2. The highest BCUT2D eigenvalue weighted by Crippen LogP contribution is 2.51. The smallest absolute Gasteiger partial charge is 0.380 e. The van der Waals surface area contributed by atoms with Crippen LogP contribution < -0.4 is 10.1 Å². The van der Waals surface area contributed by atoms with Crippen molar-refractivity contribution < 1.29 is 38.1 Å². The molecule has 3 rings (SSSR count). The molecule has 0 aliphatic carbocycles. The minimum atomic E-state index is -4.05. The monoisotopic (exact) mass is 604 g/mol. The van der Waals surface area contributed by atoms with Gasteiger partial charge in [-0.05, 0) is 48.8 Å². The van der Waals surface area contributed by atoms with Gasteiger partial charge in [-0.1, -0.05) is 39.3 Å². The Hall–Kier alpha value is -2.05. The van der Waals surface area contributed by atoms with Crippen LogP contribution in [0.1, 0.15) is 40.8 Å². The van der Waals surface area contributed by atoms with E-state index >= 15 is 0 Å². The molecule has 2 heterocycles. The lowest BCUT2D eigenvalue weighted by molar-refractivity contribution is -0.150. The second-order valence-corrected chi connectivity index (χ2v) is 13.8. The number of carbonyl (C=O) groups is 1. The number of nitrogens with zero attached hydrogens (tertiary/aromatic N) is 1. The summed E-state index contributed by atoms with van der Waals surface area (Å²) < 4.78 is 37.8. The number of aromatic nitrogens is 2. The Kier molecular flexibility index (Phi) is 9.86. The Morgan fingerprint density at radius 2 is 1.95 bits per heavy atom. The number of ether oxygens (including phenoxy) is 2. The summed E-state index contributed by atoms with van der Waals surface area (Å²) in [5.74, 6) is -1.23. The Morgan fingerprint density at radius 1 is 1.31 bits per heavy atom. The van der Waals surface area contributed by atoms with Gasteiger partial charge < -0.3 is 24.2 Å². The SMILES string of the molecule is C[C@H](C[P@](=O)(OC[C@H]1O[C@@H](n2ccc(=O)[nH]c2=S)C(C)(O)[C@H]1O)Oc1ccc(Cl)cc1)C(=O)OCC(C)(C)C. The lowest BCUT2D eigenvalue weighted by atomic mass is 9.96. The second-order valence-electron chi connectivity index (χ2n) is 10.9. The number of aliphatic hydroxyl groups is 2. The van der Waals surface area contributed by atoms with E-state index in [1.165, 1.54) is 35.9 Å². The molecule has 14 heteroatoms. The van der Waals surface area contributed by atoms with Gasteiger partial charge in [-0.25, -0.2) is 4.57 Å². The van der Waals surface area contributed by atoms with Gasteiger partial charge in [-0.3, -0.25) is 23.7 Å². The van der Waals surface area contributed by atoms with E-state index in [-0.39, 0.29) is 28.7 Å². The van der Waals surface area contributed by atoms with E-state index in [0.717, 1.165) is 0 Å². The van der Waals surface area contributed by atoms with Crippen LogP contribution in [-0.4, -0.2) is 62.9 Å². The minimum absolute atomic E-state index is 0.0270. The van der Waals surface area contributed by atoms with Gasteiger partial charge in [0.1, 0.15) is 23.6 Å². The van der Waals surface area contributed by atoms with E-state index in [0.29, 0.717) is 5.02 Å². The molecular formula is C25H34ClN2O9PS. The Balaban J connectivity index is 1.79. The molecule has 6 atom stereocenters. The van der Waals surface area contributed by atoms with Gasteiger partial charge in [0, 0.05) is 17.3 Å². The summed E-state index contributed by atoms with van der Waals surface area (Å²) >= 11 is 11.1. The third-order valence-corrected chi connectivity index (χ3v) is 8.49. The standard InChI is InChI=1S/C25H34ClN2O9PS/c1-15(21(31)34-14-24(2,3)4)13-38(33,37-17-8-6-16(26)7-9-17)35-12-18-20(30)25(5,32)22(36-18)28-11-10-19(29)27-23(28)39/h6-11,15,18,20,22,30,32H,12-14H2,1-5H3,(H,27,29,39)/t15-,18-,20+,22-,25?,38+/m1/s1. The Morgan fingerprint density at radius 3 is 2.54 bits per heavy atom. The van der Waals surface area contributed by atoms with E-state index in [9.17, 15) is 24.4 Å². The first-order valence-corrected chi connectivity index (χ1v) is 14.7. The van der Waals surface area contributed by atoms with E-state index in [1.807, 2.05) is 20.8 Å². The molecule has 1 aromatic carbocycles. The number of hydrogen-bond acceptors (Lipinski definition) is 10. The van der Waals surface area contributed by atoms with Crippen LogP contribution in [0.2, 0.25) is 5.02 Å². The Bertz CT molecular complexity index is 1320. The minimum Gasteiger partial charge on any atom is -0.465 e. The fraction of sp³-hybridized carbons (Fsp3) is 0.560. The third-order valence-electron chi connectivity index (χ3n) is 5.90. The summed E-state index contributed by atoms with van der Waals surface area (Å²) in [6, 6.07) is 7.28. The highest BCUT2D eigenvalue weighted by molar-refractivity contribution is 7.71. The molecule has 0 radical (unpaired) electrons. The van der Waals surface area contributed by atoms with Gasteiger partial charge in [0.05, 0.1) is 25.3 Å². The molecule has 0 saturated carbocycles. The molecule has 39 heavy (non-hydrogen) atoms. The first kappa shape index (κ1) is 31.5. The van der Waals surface area contributed by atoms with Gasteiger partial charge in [0.15, 0.2) is 11.0 Å². The number of H-pyrrole nitrogens is 1. The molecule has 0 spiro atoms. The van der Waals surface area contributed by atoms with Crippen LogP contribution in [0.25, 0.3) is 0 Å². The number of carbonyl (C=O) groups excluding carboxylic acids is 1. The van der Waals surface area contributed by atoms with Crippen molar-refractivity contribution in [3.8, 4) is 5.75 Å². The van der Waals surface area contributed by atoms with Crippen LogP contribution in [0.15, 0.2) is 41.3 Å². The molecule has 216 valence electrons. The molecule has 1 saturated heterocycles. The summed E-state index contributed by atoms with van der Waals surface area (Å²) in [4.78, 5) is 26.6. The second kappa shape index (κ2) is 12.2. The molecule has 1 aliphatic rings. The number of benzene rings is 1. The van der Waals surface area contributed by atoms with Crippen LogP contribution in [0.5, 0.6) is 5.75 Å². The average molecular weight is 605 g/mol. The Labute approximate surface area is 236 Å². The molecule has 1 aliphatic heterocycles. The van der Waals surface area contributed by atoms with E-state index in [4.69, 9.17) is 42.3 Å². The highest BCUT2D eigenvalue weighted by Gasteiger charge is 2.53. The predicted molar refractivity (Wildman–Crippen MR) is 147 cm³/mol. The van der Waals surface area contributed by atoms with Crippen LogP contribution in [0, 0.1) is 16.1 Å². The number of nitrogens with one attached hydrogen (secondary N) is 1. The van der Waals surface area contributed by atoms with Crippen molar-refractivity contribution in [3.05, 3.63) is 56.7 Å². The summed E-state index contributed by atoms with van der Waals surface area (Å²) in [7, 11) is -4.05. The molecule has 1 fully saturated rings. The van der Waals surface area contributed by atoms with E-state index < -0.39 is 55.7 Å². The lowest BCUT2D eigenvalue weighted by Gasteiger charge is -2.28. The van der Waals surface area contributed by atoms with Crippen molar-refractivity contribution in [1.82, 2.24) is 9.55 Å². The number of halogens is 1. The summed E-state index contributed by atoms with van der Waals surface area (Å²) in [5, 5.41) is 22.3. The van der Waals surface area contributed by atoms with E-state index in [1.54, 1.807) is 19.1 Å². The molecule has 1 aromatic heterocycles. The number of hydrogen-bond donors (Lipinski definition) is 3. The lowest BCUT2D eigenvalue weighted by Crippen LogP contribution is -2.44. The summed E-state index contributed by atoms with van der Waals surface area (Å²) in [5.41, 5.74) is -2.55. The van der Waals surface area contributed by atoms with Crippen molar-refractivity contribution in [2.45, 2.75) is 58.7 Å². The molecule has 11 nitrogen and oxygen atoms in total. The van der Waals surface area contributed by atoms with Crippen molar-refractivity contribution in [3.63, 3.8) is 0 Å². The van der Waals surface area contributed by atoms with Gasteiger partial charge >= 0.3 is 13.6 Å². The zero-order valence-corrected chi connectivity index (χ0v) is 24.8. The fourth-order valence-corrected chi connectivity index (χ4v) is 6.04. The molecule has 0 amide bonds. The summed E-state index contributed by atoms with van der Waals surface area (Å²) in [6.07, 6.45) is -2.84. The molecular weight excluding hydrogens is 571 g/mol. The van der Waals surface area contributed by atoms with Crippen molar-refractivity contribution in [1.29, 1.82) is 0 Å². The van der Waals surface area contributed by atoms with Gasteiger partial charge in [-0.15, -0.1) is 0 Å². The maximum atomic E-state index is 13.9. The average Bonchev–Trinajstić information content (AvgIpc) is 3.05. The predicted octanol–water partition coefficient (Wildman–Crippen LogP) is 4.08.